The molecule has 0 saturated carbocycles. The molecular formula is C16H24Cl2N2. The van der Waals surface area contributed by atoms with Gasteiger partial charge >= 0.3 is 0 Å². The van der Waals surface area contributed by atoms with Crippen molar-refractivity contribution in [2.75, 3.05) is 26.2 Å². The van der Waals surface area contributed by atoms with Crippen LogP contribution in [0.2, 0.25) is 10.0 Å². The van der Waals surface area contributed by atoms with Crippen LogP contribution < -0.4 is 5.32 Å². The van der Waals surface area contributed by atoms with E-state index in [9.17, 15) is 0 Å². The van der Waals surface area contributed by atoms with E-state index >= 15 is 0 Å². The first kappa shape index (κ1) is 16.1. The third-order valence-corrected chi connectivity index (χ3v) is 4.54. The lowest BCUT2D eigenvalue weighted by Gasteiger charge is -2.26. The molecule has 1 aromatic rings. The molecule has 112 valence electrons. The molecule has 20 heavy (non-hydrogen) atoms. The summed E-state index contributed by atoms with van der Waals surface area (Å²) >= 11 is 12.2. The second-order valence-corrected chi connectivity index (χ2v) is 6.44. The number of hydrogen-bond acceptors (Lipinski definition) is 2. The van der Waals surface area contributed by atoms with Crippen molar-refractivity contribution in [2.45, 2.75) is 38.6 Å². The van der Waals surface area contributed by atoms with Crippen molar-refractivity contribution >= 4 is 23.2 Å². The summed E-state index contributed by atoms with van der Waals surface area (Å²) in [5, 5.41) is 4.98. The smallest absolute Gasteiger partial charge is 0.0468 e. The molecule has 0 spiro atoms. The summed E-state index contributed by atoms with van der Waals surface area (Å²) in [5.74, 6) is 0. The molecule has 1 aliphatic rings. The number of likely N-dealkylation sites (tertiary alicyclic amines) is 1. The van der Waals surface area contributed by atoms with Crippen molar-refractivity contribution in [3.05, 3.63) is 33.8 Å². The van der Waals surface area contributed by atoms with Gasteiger partial charge in [-0.25, -0.2) is 0 Å². The Morgan fingerprint density at radius 2 is 1.95 bits per heavy atom. The van der Waals surface area contributed by atoms with Gasteiger partial charge in [-0.2, -0.15) is 0 Å². The topological polar surface area (TPSA) is 15.3 Å². The van der Waals surface area contributed by atoms with Crippen molar-refractivity contribution in [1.82, 2.24) is 10.2 Å². The highest BCUT2D eigenvalue weighted by atomic mass is 35.5. The zero-order valence-electron chi connectivity index (χ0n) is 12.2. The predicted octanol–water partition coefficient (Wildman–Crippen LogP) is 4.52. The highest BCUT2D eigenvalue weighted by Crippen LogP contribution is 2.25. The van der Waals surface area contributed by atoms with E-state index in [1.807, 2.05) is 18.2 Å². The Bertz CT molecular complexity index is 417. The lowest BCUT2D eigenvalue weighted by atomic mass is 10.1. The van der Waals surface area contributed by atoms with Crippen molar-refractivity contribution in [3.8, 4) is 0 Å². The average molecular weight is 315 g/mol. The van der Waals surface area contributed by atoms with Gasteiger partial charge in [-0.3, -0.25) is 0 Å². The third kappa shape index (κ3) is 4.92. The molecule has 1 atom stereocenters. The number of nitrogens with zero attached hydrogens (tertiary/aromatic N) is 1. The quantitative estimate of drug-likeness (QED) is 0.777. The Labute approximate surface area is 132 Å². The van der Waals surface area contributed by atoms with Gasteiger partial charge in [0.15, 0.2) is 0 Å². The van der Waals surface area contributed by atoms with Crippen LogP contribution in [0.3, 0.4) is 0 Å². The minimum atomic E-state index is 0.265. The van der Waals surface area contributed by atoms with Gasteiger partial charge in [0, 0.05) is 16.1 Å². The van der Waals surface area contributed by atoms with E-state index in [1.54, 1.807) is 0 Å². The lowest BCUT2D eigenvalue weighted by Crippen LogP contribution is -2.32. The van der Waals surface area contributed by atoms with E-state index in [-0.39, 0.29) is 6.04 Å². The monoisotopic (exact) mass is 314 g/mol. The second-order valence-electron chi connectivity index (χ2n) is 5.60. The second kappa shape index (κ2) is 8.23. The maximum Gasteiger partial charge on any atom is 0.0468 e. The maximum absolute atomic E-state index is 6.23. The van der Waals surface area contributed by atoms with Gasteiger partial charge < -0.3 is 10.2 Å². The Morgan fingerprint density at radius 3 is 2.65 bits per heavy atom. The van der Waals surface area contributed by atoms with Crippen LogP contribution in [-0.4, -0.2) is 31.1 Å². The number of nitrogens with one attached hydrogen (secondary N) is 1. The van der Waals surface area contributed by atoms with Crippen LogP contribution in [-0.2, 0) is 0 Å². The Hall–Kier alpha value is -0.280. The molecule has 0 amide bonds. The van der Waals surface area contributed by atoms with E-state index in [4.69, 9.17) is 23.2 Å². The number of benzene rings is 1. The Kier molecular flexibility index (Phi) is 6.63. The largest absolute Gasteiger partial charge is 0.310 e. The molecular weight excluding hydrogens is 291 g/mol. The summed E-state index contributed by atoms with van der Waals surface area (Å²) in [6.07, 6.45) is 5.32. The van der Waals surface area contributed by atoms with Gasteiger partial charge in [0.05, 0.1) is 0 Å². The molecule has 1 aromatic carbocycles. The van der Waals surface area contributed by atoms with E-state index in [0.717, 1.165) is 17.1 Å². The molecule has 0 aliphatic carbocycles. The Balaban J connectivity index is 1.70. The van der Waals surface area contributed by atoms with Crippen molar-refractivity contribution in [3.63, 3.8) is 0 Å². The highest BCUT2D eigenvalue weighted by Gasteiger charge is 2.11. The third-order valence-electron chi connectivity index (χ3n) is 3.98. The standard InChI is InChI=1S/C16H24Cl2N2/c1-13(15-7-6-14(17)12-16(15)18)19-8-5-11-20-9-3-2-4-10-20/h6-7,12-13,19H,2-5,8-11H2,1H3. The molecule has 4 heteroatoms. The van der Waals surface area contributed by atoms with Crippen LogP contribution in [0.25, 0.3) is 0 Å². The molecule has 1 saturated heterocycles. The van der Waals surface area contributed by atoms with Crippen LogP contribution in [0.5, 0.6) is 0 Å². The first-order valence-electron chi connectivity index (χ1n) is 7.57. The fraction of sp³-hybridized carbons (Fsp3) is 0.625. The number of piperidine rings is 1. The zero-order valence-corrected chi connectivity index (χ0v) is 13.7. The molecule has 1 heterocycles. The normalized spacial score (nSPS) is 18.1. The lowest BCUT2D eigenvalue weighted by molar-refractivity contribution is 0.225. The summed E-state index contributed by atoms with van der Waals surface area (Å²) in [6, 6.07) is 5.98. The summed E-state index contributed by atoms with van der Waals surface area (Å²) in [5.41, 5.74) is 1.12. The van der Waals surface area contributed by atoms with E-state index in [0.29, 0.717) is 5.02 Å². The minimum absolute atomic E-state index is 0.265. The average Bonchev–Trinajstić information content (AvgIpc) is 2.44. The summed E-state index contributed by atoms with van der Waals surface area (Å²) in [7, 11) is 0. The number of rotatable bonds is 6. The van der Waals surface area contributed by atoms with Crippen molar-refractivity contribution in [2.24, 2.45) is 0 Å². The van der Waals surface area contributed by atoms with Crippen LogP contribution in [0, 0.1) is 0 Å². The molecule has 2 rings (SSSR count). The first-order valence-corrected chi connectivity index (χ1v) is 8.33. The molecule has 0 aromatic heterocycles. The van der Waals surface area contributed by atoms with E-state index in [2.05, 4.69) is 17.1 Å². The van der Waals surface area contributed by atoms with Gasteiger partial charge in [-0.05, 0) is 70.1 Å². The summed E-state index contributed by atoms with van der Waals surface area (Å²) in [6.45, 7) is 6.93. The van der Waals surface area contributed by atoms with Crippen LogP contribution >= 0.6 is 23.2 Å². The van der Waals surface area contributed by atoms with Crippen LogP contribution in [0.4, 0.5) is 0 Å². The fourth-order valence-corrected chi connectivity index (χ4v) is 3.34. The maximum atomic E-state index is 6.23. The molecule has 1 N–H and O–H groups in total. The van der Waals surface area contributed by atoms with Gasteiger partial charge in [-0.15, -0.1) is 0 Å². The van der Waals surface area contributed by atoms with Crippen LogP contribution in [0.1, 0.15) is 44.2 Å². The van der Waals surface area contributed by atoms with Gasteiger partial charge in [0.25, 0.3) is 0 Å². The molecule has 0 bridgehead atoms. The van der Waals surface area contributed by atoms with Gasteiger partial charge in [0.1, 0.15) is 0 Å². The molecule has 1 fully saturated rings. The zero-order chi connectivity index (χ0) is 14.4. The molecule has 0 radical (unpaired) electrons. The first-order chi connectivity index (χ1) is 9.66. The van der Waals surface area contributed by atoms with E-state index < -0.39 is 0 Å². The molecule has 2 nitrogen and oxygen atoms in total. The molecule has 1 unspecified atom stereocenters. The fourth-order valence-electron chi connectivity index (χ4n) is 2.77. The van der Waals surface area contributed by atoms with E-state index in [1.165, 1.54) is 45.3 Å². The molecule has 1 aliphatic heterocycles. The summed E-state index contributed by atoms with van der Waals surface area (Å²) < 4.78 is 0. The van der Waals surface area contributed by atoms with Gasteiger partial charge in [0.2, 0.25) is 0 Å². The highest BCUT2D eigenvalue weighted by molar-refractivity contribution is 6.35. The number of hydrogen-bond donors (Lipinski definition) is 1. The van der Waals surface area contributed by atoms with Crippen molar-refractivity contribution in [1.29, 1.82) is 0 Å². The number of halogens is 2. The minimum Gasteiger partial charge on any atom is -0.310 e. The summed E-state index contributed by atoms with van der Waals surface area (Å²) in [4.78, 5) is 2.57. The predicted molar refractivity (Wildman–Crippen MR) is 87.8 cm³/mol. The van der Waals surface area contributed by atoms with Crippen LogP contribution in [0.15, 0.2) is 18.2 Å². The SMILES string of the molecule is CC(NCCCN1CCCCC1)c1ccc(Cl)cc1Cl. The van der Waals surface area contributed by atoms with Crippen molar-refractivity contribution < 1.29 is 0 Å². The van der Waals surface area contributed by atoms with Gasteiger partial charge in [-0.1, -0.05) is 35.7 Å². The Morgan fingerprint density at radius 1 is 1.20 bits per heavy atom.